The number of benzene rings is 1. The number of nitrogens with two attached hydrogens (primary N) is 1. The molecule has 1 amide bonds. The smallest absolute Gasteiger partial charge is 0.409 e. The molecule has 1 aromatic rings. The average molecular weight is 263 g/mol. The van der Waals surface area contributed by atoms with Gasteiger partial charge in [-0.05, 0) is 42.0 Å². The number of hydrogen-bond acceptors (Lipinski definition) is 2. The Labute approximate surface area is 116 Å². The summed E-state index contributed by atoms with van der Waals surface area (Å²) in [5.41, 5.74) is 9.04. The minimum atomic E-state index is -0.733. The van der Waals surface area contributed by atoms with Crippen LogP contribution in [0.3, 0.4) is 0 Å². The number of carbonyl (C=O) groups is 1. The lowest BCUT2D eigenvalue weighted by Gasteiger charge is -2.17. The third-order valence-electron chi connectivity index (χ3n) is 3.22. The number of hydrogen-bond donors (Lipinski definition) is 1. The summed E-state index contributed by atoms with van der Waals surface area (Å²) in [4.78, 5) is 11.0. The predicted octanol–water partition coefficient (Wildman–Crippen LogP) is 4.00. The Morgan fingerprint density at radius 2 is 1.58 bits per heavy atom. The predicted molar refractivity (Wildman–Crippen MR) is 78.6 cm³/mol. The van der Waals surface area contributed by atoms with Crippen LogP contribution in [-0.2, 0) is 19.3 Å². The Hall–Kier alpha value is -1.51. The standard InChI is InChI=1S/C16H25NO2/c1-4-7-12-10-11-15(19-16(17)18)14(9-6-3)13(12)8-5-2/h10-11H,4-9H2,1-3H3,(H2,17,18). The Kier molecular flexibility index (Phi) is 6.40. The number of amides is 1. The zero-order valence-electron chi connectivity index (χ0n) is 12.3. The van der Waals surface area contributed by atoms with Gasteiger partial charge in [0.05, 0.1) is 0 Å². The van der Waals surface area contributed by atoms with Crippen LogP contribution in [0.4, 0.5) is 4.79 Å². The number of ether oxygens (including phenoxy) is 1. The largest absolute Gasteiger partial charge is 0.410 e. The highest BCUT2D eigenvalue weighted by Gasteiger charge is 2.14. The Morgan fingerprint density at radius 3 is 2.11 bits per heavy atom. The second kappa shape index (κ2) is 7.82. The monoisotopic (exact) mass is 263 g/mol. The molecule has 3 nitrogen and oxygen atoms in total. The van der Waals surface area contributed by atoms with E-state index in [0.29, 0.717) is 5.75 Å². The molecule has 0 saturated heterocycles. The number of primary amides is 1. The van der Waals surface area contributed by atoms with Crippen LogP contribution < -0.4 is 10.5 Å². The number of rotatable bonds is 7. The normalized spacial score (nSPS) is 10.5. The molecule has 0 heterocycles. The van der Waals surface area contributed by atoms with E-state index >= 15 is 0 Å². The van der Waals surface area contributed by atoms with Crippen molar-refractivity contribution >= 4 is 6.09 Å². The molecule has 0 saturated carbocycles. The van der Waals surface area contributed by atoms with Crippen LogP contribution in [0.5, 0.6) is 5.75 Å². The fourth-order valence-electron chi connectivity index (χ4n) is 2.51. The first-order valence-electron chi connectivity index (χ1n) is 7.24. The molecule has 0 radical (unpaired) electrons. The van der Waals surface area contributed by atoms with Gasteiger partial charge in [-0.25, -0.2) is 4.79 Å². The van der Waals surface area contributed by atoms with Crippen molar-refractivity contribution in [3.63, 3.8) is 0 Å². The third-order valence-corrected chi connectivity index (χ3v) is 3.22. The van der Waals surface area contributed by atoms with E-state index in [2.05, 4.69) is 26.8 Å². The van der Waals surface area contributed by atoms with E-state index in [1.165, 1.54) is 11.1 Å². The molecule has 0 aromatic heterocycles. The van der Waals surface area contributed by atoms with Crippen LogP contribution in [0.2, 0.25) is 0 Å². The van der Waals surface area contributed by atoms with Gasteiger partial charge in [0.2, 0.25) is 0 Å². The Balaban J connectivity index is 3.25. The summed E-state index contributed by atoms with van der Waals surface area (Å²) < 4.78 is 5.16. The number of carbonyl (C=O) groups excluding carboxylic acids is 1. The van der Waals surface area contributed by atoms with E-state index in [-0.39, 0.29) is 0 Å². The first-order chi connectivity index (χ1) is 9.13. The molecule has 2 N–H and O–H groups in total. The molecule has 0 atom stereocenters. The van der Waals surface area contributed by atoms with Crippen LogP contribution in [0.1, 0.15) is 56.7 Å². The SMILES string of the molecule is CCCc1ccc(OC(N)=O)c(CCC)c1CCC. The summed E-state index contributed by atoms with van der Waals surface area (Å²) in [5.74, 6) is 0.637. The minimum Gasteiger partial charge on any atom is -0.410 e. The zero-order valence-corrected chi connectivity index (χ0v) is 12.3. The average Bonchev–Trinajstić information content (AvgIpc) is 2.36. The molecule has 0 fully saturated rings. The summed E-state index contributed by atoms with van der Waals surface area (Å²) >= 11 is 0. The molecule has 3 heteroatoms. The van der Waals surface area contributed by atoms with Crippen molar-refractivity contribution in [2.24, 2.45) is 5.73 Å². The molecule has 0 aliphatic carbocycles. The lowest BCUT2D eigenvalue weighted by Crippen LogP contribution is -2.18. The molecule has 106 valence electrons. The summed E-state index contributed by atoms with van der Waals surface area (Å²) in [5, 5.41) is 0. The molecular formula is C16H25NO2. The topological polar surface area (TPSA) is 52.3 Å². The molecule has 0 unspecified atom stereocenters. The maximum Gasteiger partial charge on any atom is 0.409 e. The summed E-state index contributed by atoms with van der Waals surface area (Å²) in [6, 6.07) is 3.96. The minimum absolute atomic E-state index is 0.637. The van der Waals surface area contributed by atoms with Gasteiger partial charge >= 0.3 is 6.09 Å². The highest BCUT2D eigenvalue weighted by atomic mass is 16.5. The van der Waals surface area contributed by atoms with Crippen molar-refractivity contribution in [2.75, 3.05) is 0 Å². The summed E-state index contributed by atoms with van der Waals surface area (Å²) in [6.45, 7) is 6.49. The van der Waals surface area contributed by atoms with E-state index < -0.39 is 6.09 Å². The van der Waals surface area contributed by atoms with Crippen LogP contribution in [0.15, 0.2) is 12.1 Å². The first-order valence-corrected chi connectivity index (χ1v) is 7.24. The lowest BCUT2D eigenvalue weighted by molar-refractivity contribution is 0.210. The third kappa shape index (κ3) is 4.27. The fraction of sp³-hybridized carbons (Fsp3) is 0.562. The van der Waals surface area contributed by atoms with Gasteiger partial charge in [0.1, 0.15) is 5.75 Å². The number of aryl methyl sites for hydroxylation is 1. The molecule has 0 aliphatic heterocycles. The second-order valence-corrected chi connectivity index (χ2v) is 4.85. The quantitative estimate of drug-likeness (QED) is 0.808. The maximum absolute atomic E-state index is 11.0. The van der Waals surface area contributed by atoms with Gasteiger partial charge in [-0.2, -0.15) is 0 Å². The molecule has 0 spiro atoms. The highest BCUT2D eigenvalue weighted by molar-refractivity contribution is 5.69. The van der Waals surface area contributed by atoms with Crippen molar-refractivity contribution in [2.45, 2.75) is 59.3 Å². The second-order valence-electron chi connectivity index (χ2n) is 4.85. The van der Waals surface area contributed by atoms with Crippen LogP contribution in [-0.4, -0.2) is 6.09 Å². The van der Waals surface area contributed by atoms with Gasteiger partial charge in [-0.15, -0.1) is 0 Å². The van der Waals surface area contributed by atoms with Gasteiger partial charge in [0.25, 0.3) is 0 Å². The zero-order chi connectivity index (χ0) is 14.3. The van der Waals surface area contributed by atoms with E-state index in [4.69, 9.17) is 10.5 Å². The van der Waals surface area contributed by atoms with Gasteiger partial charge in [0, 0.05) is 0 Å². The molecular weight excluding hydrogens is 238 g/mol. The molecule has 1 aromatic carbocycles. The molecule has 1 rings (SSSR count). The van der Waals surface area contributed by atoms with Crippen molar-refractivity contribution in [3.05, 3.63) is 28.8 Å². The van der Waals surface area contributed by atoms with Crippen LogP contribution in [0.25, 0.3) is 0 Å². The Morgan fingerprint density at radius 1 is 1.00 bits per heavy atom. The van der Waals surface area contributed by atoms with Gasteiger partial charge in [-0.1, -0.05) is 46.1 Å². The van der Waals surface area contributed by atoms with E-state index in [0.717, 1.165) is 44.1 Å². The molecule has 19 heavy (non-hydrogen) atoms. The highest BCUT2D eigenvalue weighted by Crippen LogP contribution is 2.29. The van der Waals surface area contributed by atoms with E-state index in [1.54, 1.807) is 0 Å². The Bertz CT molecular complexity index is 427. The molecule has 0 aliphatic rings. The first kappa shape index (κ1) is 15.5. The van der Waals surface area contributed by atoms with Crippen LogP contribution >= 0.6 is 0 Å². The van der Waals surface area contributed by atoms with Crippen molar-refractivity contribution in [1.82, 2.24) is 0 Å². The van der Waals surface area contributed by atoms with E-state index in [9.17, 15) is 4.79 Å². The van der Waals surface area contributed by atoms with Gasteiger partial charge in [-0.3, -0.25) is 0 Å². The fourth-order valence-corrected chi connectivity index (χ4v) is 2.51. The van der Waals surface area contributed by atoms with Gasteiger partial charge in [0.15, 0.2) is 0 Å². The van der Waals surface area contributed by atoms with E-state index in [1.807, 2.05) is 6.07 Å². The summed E-state index contributed by atoms with van der Waals surface area (Å²) in [6.07, 6.45) is 5.54. The van der Waals surface area contributed by atoms with Crippen molar-refractivity contribution in [3.8, 4) is 5.75 Å². The summed E-state index contributed by atoms with van der Waals surface area (Å²) in [7, 11) is 0. The van der Waals surface area contributed by atoms with Gasteiger partial charge < -0.3 is 10.5 Å². The lowest BCUT2D eigenvalue weighted by atomic mass is 9.91. The van der Waals surface area contributed by atoms with Crippen molar-refractivity contribution < 1.29 is 9.53 Å². The van der Waals surface area contributed by atoms with Crippen molar-refractivity contribution in [1.29, 1.82) is 0 Å². The maximum atomic E-state index is 11.0. The van der Waals surface area contributed by atoms with Crippen LogP contribution in [0, 0.1) is 0 Å². The molecule has 0 bridgehead atoms.